The Kier molecular flexibility index (Phi) is 5.38. The van der Waals surface area contributed by atoms with Crippen molar-refractivity contribution in [1.29, 1.82) is 0 Å². The molecule has 0 saturated carbocycles. The molecule has 0 saturated heterocycles. The summed E-state index contributed by atoms with van der Waals surface area (Å²) in [4.78, 5) is 32.8. The first-order valence-corrected chi connectivity index (χ1v) is 9.43. The second kappa shape index (κ2) is 9.49. The predicted molar refractivity (Wildman–Crippen MR) is 114 cm³/mol. The molecule has 1 aromatic heterocycles. The third-order valence-corrected chi connectivity index (χ3v) is 4.42. The topological polar surface area (TPSA) is 121 Å². The lowest BCUT2D eigenvalue weighted by atomic mass is 10.1. The van der Waals surface area contributed by atoms with E-state index >= 15 is 0 Å². The van der Waals surface area contributed by atoms with E-state index in [0.717, 1.165) is 23.2 Å². The van der Waals surface area contributed by atoms with Gasteiger partial charge in [-0.15, -0.1) is 5.10 Å². The first kappa shape index (κ1) is 17.6. The van der Waals surface area contributed by atoms with E-state index in [-0.39, 0.29) is 17.9 Å². The van der Waals surface area contributed by atoms with Crippen molar-refractivity contribution in [3.63, 3.8) is 0 Å². The first-order valence-electron chi connectivity index (χ1n) is 10.4. The van der Waals surface area contributed by atoms with E-state index in [4.69, 9.17) is 2.74 Å². The lowest BCUT2D eigenvalue weighted by Crippen LogP contribution is -2.27. The molecule has 2 amide bonds. The molecule has 2 aromatic carbocycles. The number of aromatic nitrogens is 2. The molecule has 0 radical (unpaired) electrons. The highest BCUT2D eigenvalue weighted by Crippen LogP contribution is 2.10. The van der Waals surface area contributed by atoms with Crippen LogP contribution in [0.2, 0.25) is 0 Å². The van der Waals surface area contributed by atoms with Crippen LogP contribution >= 0.6 is 0 Å². The normalized spacial score (nSPS) is 13.7. The number of carbonyl (C=O) groups excluding carboxylic acids is 2. The smallest absolute Gasteiger partial charge is 0.270 e. The molecule has 0 unspecified atom stereocenters. The van der Waals surface area contributed by atoms with Crippen LogP contribution in [0.15, 0.2) is 82.4 Å². The summed E-state index contributed by atoms with van der Waals surface area (Å²) in [7, 11) is 0. The molecular weight excluding hydrogens is 394 g/mol. The molecule has 0 fully saturated rings. The van der Waals surface area contributed by atoms with Gasteiger partial charge in [-0.25, -0.2) is 9.97 Å². The third-order valence-electron chi connectivity index (χ3n) is 4.42. The van der Waals surface area contributed by atoms with Crippen LogP contribution in [0.4, 0.5) is 0 Å². The van der Waals surface area contributed by atoms with Crippen LogP contribution in [-0.2, 0) is 13.0 Å². The Morgan fingerprint density at radius 2 is 1.61 bits per heavy atom. The monoisotopic (exact) mass is 415 g/mol. The minimum absolute atomic E-state index is 0.00410. The van der Waals surface area contributed by atoms with Crippen molar-refractivity contribution in [2.75, 3.05) is 6.54 Å². The molecular formula is C22H19N7O2. The summed E-state index contributed by atoms with van der Waals surface area (Å²) >= 11 is 0. The predicted octanol–water partition coefficient (Wildman–Crippen LogP) is 2.51. The lowest BCUT2D eigenvalue weighted by molar-refractivity contribution is 0.0944. The Balaban J connectivity index is 1.37. The second-order valence-corrected chi connectivity index (χ2v) is 6.55. The van der Waals surface area contributed by atoms with E-state index in [0.29, 0.717) is 12.1 Å². The van der Waals surface area contributed by atoms with E-state index in [9.17, 15) is 9.59 Å². The van der Waals surface area contributed by atoms with Gasteiger partial charge in [0.25, 0.3) is 11.8 Å². The van der Waals surface area contributed by atoms with Gasteiger partial charge in [0.1, 0.15) is 24.3 Å². The van der Waals surface area contributed by atoms with Crippen LogP contribution in [0.5, 0.6) is 0 Å². The maximum Gasteiger partial charge on any atom is 0.270 e. The molecule has 1 aliphatic rings. The van der Waals surface area contributed by atoms with Crippen molar-refractivity contribution in [2.24, 2.45) is 15.4 Å². The number of amides is 2. The van der Waals surface area contributed by atoms with E-state index in [1.165, 1.54) is 6.07 Å². The van der Waals surface area contributed by atoms with E-state index < -0.39 is 18.3 Å². The summed E-state index contributed by atoms with van der Waals surface area (Å²) in [6.07, 6.45) is 1.09. The average Bonchev–Trinajstić information content (AvgIpc) is 3.38. The molecule has 1 aliphatic heterocycles. The van der Waals surface area contributed by atoms with E-state index in [1.807, 2.05) is 24.3 Å². The van der Waals surface area contributed by atoms with Crippen LogP contribution in [-0.4, -0.2) is 34.0 Å². The van der Waals surface area contributed by atoms with Crippen molar-refractivity contribution in [3.05, 3.63) is 95.1 Å². The first-order chi connectivity index (χ1) is 15.9. The summed E-state index contributed by atoms with van der Waals surface area (Å²) in [5.74, 6) is -1.25. The summed E-state index contributed by atoms with van der Waals surface area (Å²) < 4.78 is 16.2. The van der Waals surface area contributed by atoms with Crippen molar-refractivity contribution in [1.82, 2.24) is 20.6 Å². The Labute approximate surface area is 181 Å². The summed E-state index contributed by atoms with van der Waals surface area (Å²) in [6, 6.07) is 16.9. The molecule has 0 bridgehead atoms. The Hall–Kier alpha value is -4.27. The van der Waals surface area contributed by atoms with Crippen molar-refractivity contribution in [2.45, 2.75) is 13.0 Å². The molecule has 9 heteroatoms. The standard InChI is InChI=1S/C22H19N7O2/c30-21(23-11-15-4-2-1-3-5-15)18-10-19(26-14-25-18)22(31)24-12-16-6-8-17(9-7-16)20-13-27-29-28-20/h1-10,14H,11-13H2,(H,23,30)(H,24,31)/i11D2. The number of hydrogen-bond acceptors (Lipinski definition) is 7. The van der Waals surface area contributed by atoms with Gasteiger partial charge < -0.3 is 10.6 Å². The second-order valence-electron chi connectivity index (χ2n) is 6.55. The van der Waals surface area contributed by atoms with Crippen LogP contribution in [0.3, 0.4) is 0 Å². The highest BCUT2D eigenvalue weighted by Gasteiger charge is 2.13. The van der Waals surface area contributed by atoms with Gasteiger partial charge in [-0.1, -0.05) is 54.6 Å². The molecule has 154 valence electrons. The van der Waals surface area contributed by atoms with Gasteiger partial charge >= 0.3 is 0 Å². The van der Waals surface area contributed by atoms with Gasteiger partial charge in [-0.05, 0) is 21.9 Å². The number of rotatable bonds is 7. The molecule has 0 atom stereocenters. The molecule has 3 aromatic rings. The maximum atomic E-state index is 12.5. The van der Waals surface area contributed by atoms with Gasteiger partial charge in [0, 0.05) is 19.1 Å². The Morgan fingerprint density at radius 1 is 0.903 bits per heavy atom. The molecule has 0 aliphatic carbocycles. The van der Waals surface area contributed by atoms with Gasteiger partial charge in [-0.2, -0.15) is 5.11 Å². The van der Waals surface area contributed by atoms with Gasteiger partial charge in [-0.3, -0.25) is 9.59 Å². The number of nitrogens with one attached hydrogen (secondary N) is 2. The maximum absolute atomic E-state index is 12.5. The molecule has 2 heterocycles. The molecule has 9 nitrogen and oxygen atoms in total. The van der Waals surface area contributed by atoms with Gasteiger partial charge in [0.05, 0.1) is 8.45 Å². The summed E-state index contributed by atoms with van der Waals surface area (Å²) in [5, 5.41) is 16.4. The number of nitrogens with zero attached hydrogens (tertiary/aromatic N) is 5. The van der Waals surface area contributed by atoms with E-state index in [2.05, 4.69) is 36.0 Å². The van der Waals surface area contributed by atoms with Gasteiger partial charge in [0.15, 0.2) is 0 Å². The lowest BCUT2D eigenvalue weighted by Gasteiger charge is -2.08. The van der Waals surface area contributed by atoms with Crippen molar-refractivity contribution < 1.29 is 12.3 Å². The molecule has 31 heavy (non-hydrogen) atoms. The summed E-state index contributed by atoms with van der Waals surface area (Å²) in [6.45, 7) is -1.40. The highest BCUT2D eigenvalue weighted by molar-refractivity contribution is 6.02. The zero-order valence-electron chi connectivity index (χ0n) is 18.3. The zero-order chi connectivity index (χ0) is 23.3. The Morgan fingerprint density at radius 3 is 2.29 bits per heavy atom. The van der Waals surface area contributed by atoms with Crippen molar-refractivity contribution >= 4 is 17.5 Å². The Bertz CT molecular complexity index is 1230. The molecule has 4 rings (SSSR count). The largest absolute Gasteiger partial charge is 0.347 e. The fourth-order valence-electron chi connectivity index (χ4n) is 2.77. The average molecular weight is 415 g/mol. The van der Waals surface area contributed by atoms with Crippen molar-refractivity contribution in [3.8, 4) is 0 Å². The van der Waals surface area contributed by atoms with Gasteiger partial charge in [0.2, 0.25) is 0 Å². The summed E-state index contributed by atoms with van der Waals surface area (Å²) in [5.41, 5.74) is 2.73. The number of benzene rings is 2. The molecule has 2 N–H and O–H groups in total. The van der Waals surface area contributed by atoms with Crippen LogP contribution < -0.4 is 10.6 Å². The van der Waals surface area contributed by atoms with Crippen LogP contribution in [0.1, 0.15) is 40.4 Å². The zero-order valence-corrected chi connectivity index (χ0v) is 16.3. The quantitative estimate of drug-likeness (QED) is 0.616. The fraction of sp³-hybridized carbons (Fsp3) is 0.136. The van der Waals surface area contributed by atoms with Crippen LogP contribution in [0.25, 0.3) is 0 Å². The fourth-order valence-corrected chi connectivity index (χ4v) is 2.77. The van der Waals surface area contributed by atoms with Crippen LogP contribution in [0, 0.1) is 0 Å². The number of carbonyl (C=O) groups is 2. The minimum Gasteiger partial charge on any atom is -0.347 e. The number of hydrogen-bond donors (Lipinski definition) is 2. The third kappa shape index (κ3) is 5.21. The highest BCUT2D eigenvalue weighted by atomic mass is 16.2. The SMILES string of the molecule is [2H]C([2H])(NC(=O)c1cc(C(=O)NCc2ccc(C3=NN=NC3)cc2)ncn1)c1ccccc1. The minimum atomic E-state index is -2.11. The van der Waals surface area contributed by atoms with E-state index in [1.54, 1.807) is 30.3 Å². The molecule has 0 spiro atoms.